The minimum atomic E-state index is -0.0556. The monoisotopic (exact) mass is 435 g/mol. The van der Waals surface area contributed by atoms with Crippen LogP contribution in [-0.2, 0) is 0 Å². The van der Waals surface area contributed by atoms with Crippen molar-refractivity contribution in [1.82, 2.24) is 19.3 Å². The smallest absolute Gasteiger partial charge is 0.262 e. The van der Waals surface area contributed by atoms with Crippen molar-refractivity contribution in [2.75, 3.05) is 5.73 Å². The predicted octanol–water partition coefficient (Wildman–Crippen LogP) is 5.35. The summed E-state index contributed by atoms with van der Waals surface area (Å²) in [6, 6.07) is 19.9. The Labute approximate surface area is 191 Å². The van der Waals surface area contributed by atoms with E-state index in [1.54, 1.807) is 10.8 Å². The number of nitrogen functional groups attached to an aromatic ring is 1. The summed E-state index contributed by atoms with van der Waals surface area (Å²) in [6.07, 6.45) is 7.00. The van der Waals surface area contributed by atoms with Gasteiger partial charge in [-0.2, -0.15) is 5.10 Å². The number of hydrogen-bond acceptors (Lipinski definition) is 4. The van der Waals surface area contributed by atoms with Crippen molar-refractivity contribution in [1.29, 1.82) is 0 Å². The molecule has 1 aliphatic rings. The number of aromatic nitrogens is 4. The van der Waals surface area contributed by atoms with E-state index in [9.17, 15) is 4.79 Å². The molecule has 2 N–H and O–H groups in total. The number of anilines is 1. The Balaban J connectivity index is 1.56. The summed E-state index contributed by atoms with van der Waals surface area (Å²) in [5.74, 6) is 1.16. The number of fused-ring (bicyclic) bond motifs is 2. The summed E-state index contributed by atoms with van der Waals surface area (Å²) in [5.41, 5.74) is 9.80. The van der Waals surface area contributed by atoms with E-state index in [-0.39, 0.29) is 5.56 Å². The van der Waals surface area contributed by atoms with Crippen molar-refractivity contribution in [2.24, 2.45) is 5.92 Å². The second-order valence-corrected chi connectivity index (χ2v) is 9.08. The summed E-state index contributed by atoms with van der Waals surface area (Å²) in [5, 5.41) is 7.45. The van der Waals surface area contributed by atoms with Gasteiger partial charge in [0.1, 0.15) is 11.5 Å². The van der Waals surface area contributed by atoms with Gasteiger partial charge < -0.3 is 5.73 Å². The van der Waals surface area contributed by atoms with Crippen LogP contribution in [-0.4, -0.2) is 19.3 Å². The fourth-order valence-electron chi connectivity index (χ4n) is 5.17. The van der Waals surface area contributed by atoms with Gasteiger partial charge in [-0.3, -0.25) is 14.0 Å². The van der Waals surface area contributed by atoms with Gasteiger partial charge >= 0.3 is 0 Å². The maximum Gasteiger partial charge on any atom is 0.262 e. The molecule has 5 aromatic rings. The third-order valence-electron chi connectivity index (χ3n) is 6.88. The molecule has 1 fully saturated rings. The van der Waals surface area contributed by atoms with Crippen LogP contribution in [0, 0.1) is 5.92 Å². The van der Waals surface area contributed by atoms with Crippen LogP contribution in [0.4, 0.5) is 5.82 Å². The summed E-state index contributed by atoms with van der Waals surface area (Å²) in [6.45, 7) is 2.30. The zero-order valence-electron chi connectivity index (χ0n) is 18.5. The van der Waals surface area contributed by atoms with Crippen molar-refractivity contribution in [2.45, 2.75) is 32.2 Å². The van der Waals surface area contributed by atoms with E-state index in [4.69, 9.17) is 10.8 Å². The molecule has 33 heavy (non-hydrogen) atoms. The standard InChI is InChI=1S/C27H25N5O/c1-17-7-10-21(15-17)32-23-11-13-29-26(28)24(23)25(30-32)19-9-8-18-12-14-31(27(33)22(18)16-19)20-5-3-2-4-6-20/h2-6,8-9,11-14,16-17,21H,7,10,15H2,1H3,(H2,28,29)/t17-,21-/m0/s1. The highest BCUT2D eigenvalue weighted by molar-refractivity contribution is 6.01. The van der Waals surface area contributed by atoms with E-state index < -0.39 is 0 Å². The van der Waals surface area contributed by atoms with E-state index in [2.05, 4.69) is 16.6 Å². The van der Waals surface area contributed by atoms with Crippen molar-refractivity contribution < 1.29 is 0 Å². The quantitative estimate of drug-likeness (QED) is 0.415. The average Bonchev–Trinajstić information content (AvgIpc) is 3.44. The largest absolute Gasteiger partial charge is 0.383 e. The first kappa shape index (κ1) is 19.7. The fraction of sp³-hybridized carbons (Fsp3) is 0.222. The number of para-hydroxylation sites is 1. The molecule has 2 aromatic carbocycles. The van der Waals surface area contributed by atoms with Crippen LogP contribution < -0.4 is 11.3 Å². The number of benzene rings is 2. The molecule has 6 heteroatoms. The molecular formula is C27H25N5O. The van der Waals surface area contributed by atoms with Crippen LogP contribution in [0.1, 0.15) is 32.2 Å². The first-order chi connectivity index (χ1) is 16.1. The SMILES string of the molecule is C[C@H]1CC[C@H](n2nc(-c3ccc4ccn(-c5ccccc5)c(=O)c4c3)c3c(N)nccc32)C1. The van der Waals surface area contributed by atoms with E-state index in [1.165, 1.54) is 6.42 Å². The molecule has 0 spiro atoms. The molecule has 3 aromatic heterocycles. The molecule has 164 valence electrons. The molecule has 6 nitrogen and oxygen atoms in total. The molecule has 6 rings (SSSR count). The number of nitrogens with zero attached hydrogens (tertiary/aromatic N) is 4. The highest BCUT2D eigenvalue weighted by atomic mass is 16.1. The van der Waals surface area contributed by atoms with Crippen LogP contribution in [0.15, 0.2) is 77.9 Å². The molecule has 0 amide bonds. The molecule has 3 heterocycles. The van der Waals surface area contributed by atoms with Gasteiger partial charge in [0, 0.05) is 29.0 Å². The Hall–Kier alpha value is -3.93. The lowest BCUT2D eigenvalue weighted by Crippen LogP contribution is -2.17. The number of pyridine rings is 2. The second kappa shape index (κ2) is 7.59. The van der Waals surface area contributed by atoms with Crippen LogP contribution >= 0.6 is 0 Å². The van der Waals surface area contributed by atoms with E-state index in [0.717, 1.165) is 46.1 Å². The van der Waals surface area contributed by atoms with Gasteiger partial charge in [0.05, 0.1) is 16.9 Å². The summed E-state index contributed by atoms with van der Waals surface area (Å²) < 4.78 is 3.81. The van der Waals surface area contributed by atoms with Crippen molar-refractivity contribution in [3.05, 3.63) is 83.4 Å². The van der Waals surface area contributed by atoms with E-state index in [0.29, 0.717) is 23.2 Å². The Morgan fingerprint density at radius 2 is 1.88 bits per heavy atom. The Bertz CT molecular complexity index is 1550. The Morgan fingerprint density at radius 3 is 2.67 bits per heavy atom. The maximum absolute atomic E-state index is 13.4. The van der Waals surface area contributed by atoms with E-state index in [1.807, 2.05) is 66.9 Å². The third-order valence-corrected chi connectivity index (χ3v) is 6.88. The zero-order valence-corrected chi connectivity index (χ0v) is 18.5. The predicted molar refractivity (Wildman–Crippen MR) is 133 cm³/mol. The maximum atomic E-state index is 13.4. The molecule has 0 unspecified atom stereocenters. The molecule has 0 radical (unpaired) electrons. The molecule has 1 saturated carbocycles. The van der Waals surface area contributed by atoms with Gasteiger partial charge in [-0.15, -0.1) is 0 Å². The van der Waals surface area contributed by atoms with Gasteiger partial charge in [0.2, 0.25) is 0 Å². The number of rotatable bonds is 3. The van der Waals surface area contributed by atoms with Crippen LogP contribution in [0.5, 0.6) is 0 Å². The zero-order chi connectivity index (χ0) is 22.5. The van der Waals surface area contributed by atoms with Gasteiger partial charge in [0.25, 0.3) is 5.56 Å². The van der Waals surface area contributed by atoms with Crippen LogP contribution in [0.3, 0.4) is 0 Å². The number of nitrogens with two attached hydrogens (primary N) is 1. The topological polar surface area (TPSA) is 78.7 Å². The number of hydrogen-bond donors (Lipinski definition) is 1. The van der Waals surface area contributed by atoms with Crippen LogP contribution in [0.2, 0.25) is 0 Å². The van der Waals surface area contributed by atoms with E-state index >= 15 is 0 Å². The lowest BCUT2D eigenvalue weighted by molar-refractivity contribution is 0.464. The molecule has 0 aliphatic heterocycles. The van der Waals surface area contributed by atoms with Crippen molar-refractivity contribution in [3.63, 3.8) is 0 Å². The summed E-state index contributed by atoms with van der Waals surface area (Å²) >= 11 is 0. The second-order valence-electron chi connectivity index (χ2n) is 9.08. The van der Waals surface area contributed by atoms with Gasteiger partial charge in [-0.1, -0.05) is 37.3 Å². The summed E-state index contributed by atoms with van der Waals surface area (Å²) in [7, 11) is 0. The minimum Gasteiger partial charge on any atom is -0.383 e. The molecule has 0 saturated heterocycles. The lowest BCUT2D eigenvalue weighted by Gasteiger charge is -2.11. The van der Waals surface area contributed by atoms with Gasteiger partial charge in [-0.05, 0) is 60.9 Å². The molecule has 1 aliphatic carbocycles. The normalized spacial score (nSPS) is 18.3. The average molecular weight is 436 g/mol. The van der Waals surface area contributed by atoms with Crippen LogP contribution in [0.25, 0.3) is 38.6 Å². The van der Waals surface area contributed by atoms with Crippen molar-refractivity contribution in [3.8, 4) is 16.9 Å². The summed E-state index contributed by atoms with van der Waals surface area (Å²) in [4.78, 5) is 17.7. The first-order valence-corrected chi connectivity index (χ1v) is 11.4. The third kappa shape index (κ3) is 3.21. The fourth-order valence-corrected chi connectivity index (χ4v) is 5.17. The van der Waals surface area contributed by atoms with Gasteiger partial charge in [0.15, 0.2) is 0 Å². The first-order valence-electron chi connectivity index (χ1n) is 11.4. The Kier molecular flexibility index (Phi) is 4.54. The Morgan fingerprint density at radius 1 is 1.03 bits per heavy atom. The highest BCUT2D eigenvalue weighted by Crippen LogP contribution is 2.39. The lowest BCUT2D eigenvalue weighted by atomic mass is 10.0. The highest BCUT2D eigenvalue weighted by Gasteiger charge is 2.27. The minimum absolute atomic E-state index is 0.0556. The molecule has 0 bridgehead atoms. The van der Waals surface area contributed by atoms with Gasteiger partial charge in [-0.25, -0.2) is 4.98 Å². The molecular weight excluding hydrogens is 410 g/mol. The van der Waals surface area contributed by atoms with Crippen molar-refractivity contribution >= 4 is 27.5 Å². The molecule has 2 atom stereocenters.